The molecule has 5 unspecified atom stereocenters. The van der Waals surface area contributed by atoms with Gasteiger partial charge in [-0.05, 0) is 135 Å². The SMILES string of the molecule is CC/C=C\C/C=C\C/C=C\C/C=C\CCCCCCC(=O)OCC(COP(=O)(O)OCC(O)COP(=O)(O)OCC(COC(=O)CCCCCCC/C=C\C/C=C\CCCCC)OC(=O)CCCCCCCCCCCCCCC)OC(=O)CCCC/C=C\C/C=C\C/C=C\C/C=C\CC. The second kappa shape index (κ2) is 72.8. The van der Waals surface area contributed by atoms with E-state index in [1.807, 2.05) is 0 Å². The van der Waals surface area contributed by atoms with E-state index in [0.29, 0.717) is 32.1 Å². The predicted molar refractivity (Wildman–Crippen MR) is 408 cm³/mol. The molecule has 100 heavy (non-hydrogen) atoms. The van der Waals surface area contributed by atoms with Crippen LogP contribution in [0.15, 0.2) is 122 Å². The fourth-order valence-electron chi connectivity index (χ4n) is 10.1. The Kier molecular flexibility index (Phi) is 69.5. The Balaban J connectivity index is 5.41. The van der Waals surface area contributed by atoms with Gasteiger partial charge in [-0.25, -0.2) is 9.13 Å². The van der Waals surface area contributed by atoms with Gasteiger partial charge < -0.3 is 33.8 Å². The van der Waals surface area contributed by atoms with Crippen LogP contribution in [0.1, 0.15) is 310 Å². The van der Waals surface area contributed by atoms with Crippen molar-refractivity contribution in [2.24, 2.45) is 0 Å². The largest absolute Gasteiger partial charge is 0.472 e. The van der Waals surface area contributed by atoms with Crippen molar-refractivity contribution >= 4 is 39.5 Å². The topological polar surface area (TPSA) is 237 Å². The van der Waals surface area contributed by atoms with Gasteiger partial charge in [0.05, 0.1) is 26.4 Å². The van der Waals surface area contributed by atoms with Gasteiger partial charge in [0, 0.05) is 25.7 Å². The smallest absolute Gasteiger partial charge is 0.462 e. The summed E-state index contributed by atoms with van der Waals surface area (Å²) in [6, 6.07) is 0. The highest BCUT2D eigenvalue weighted by Gasteiger charge is 2.30. The van der Waals surface area contributed by atoms with Crippen molar-refractivity contribution in [1.82, 2.24) is 0 Å². The third-order valence-corrected chi connectivity index (χ3v) is 17.8. The molecule has 0 aliphatic rings. The van der Waals surface area contributed by atoms with Crippen molar-refractivity contribution in [2.45, 2.75) is 329 Å². The Morgan fingerprint density at radius 2 is 0.520 bits per heavy atom. The van der Waals surface area contributed by atoms with Crippen LogP contribution in [0.3, 0.4) is 0 Å². The molecule has 0 rings (SSSR count). The number of hydrogen-bond donors (Lipinski definition) is 3. The summed E-state index contributed by atoms with van der Waals surface area (Å²) in [6.45, 7) is 4.54. The van der Waals surface area contributed by atoms with Gasteiger partial charge in [0.1, 0.15) is 19.3 Å². The van der Waals surface area contributed by atoms with E-state index in [4.69, 9.17) is 37.0 Å². The van der Waals surface area contributed by atoms with Crippen LogP contribution in [0, 0.1) is 0 Å². The van der Waals surface area contributed by atoms with Gasteiger partial charge in [-0.3, -0.25) is 37.3 Å². The van der Waals surface area contributed by atoms with Gasteiger partial charge in [-0.15, -0.1) is 0 Å². The van der Waals surface area contributed by atoms with Crippen LogP contribution >= 0.6 is 15.6 Å². The first-order valence-corrected chi connectivity index (χ1v) is 41.8. The summed E-state index contributed by atoms with van der Waals surface area (Å²) in [4.78, 5) is 72.9. The summed E-state index contributed by atoms with van der Waals surface area (Å²) < 4.78 is 68.5. The minimum absolute atomic E-state index is 0.0345. The Morgan fingerprint density at radius 1 is 0.290 bits per heavy atom. The van der Waals surface area contributed by atoms with Crippen molar-refractivity contribution in [2.75, 3.05) is 39.6 Å². The highest BCUT2D eigenvalue weighted by Crippen LogP contribution is 2.45. The number of ether oxygens (including phenoxy) is 4. The van der Waals surface area contributed by atoms with Crippen LogP contribution in [0.5, 0.6) is 0 Å². The Hall–Kier alpha value is -4.54. The summed E-state index contributed by atoms with van der Waals surface area (Å²) in [5, 5.41) is 10.6. The normalized spacial score (nSPS) is 14.6. The first-order valence-electron chi connectivity index (χ1n) is 38.8. The standard InChI is InChI=1S/C81H138O17P2/c1-5-9-13-17-21-25-29-33-36-37-40-43-46-50-54-58-62-66-79(84)92-72-77(98-81(86)68-64-60-56-52-48-44-39-35-31-27-23-19-15-11-7-3)74-96-100(89,90)94-70-75(82)69-93-99(87,88)95-73-76(97-80(85)67-63-59-55-51-47-41-32-28-24-20-16-12-8-4)71-91-78(83)65-61-57-53-49-45-42-38-34-30-26-22-18-14-10-6-2/h9,11,13,15,21-23,25-27,33-36,38-40,43,48,52,75-77,82H,5-8,10,12,14,16-20,24,28-32,37,41-42,44-47,49-51,53-74H2,1-4H3,(H,87,88)(H,89,90)/b13-9-,15-11-,25-21-,26-22-,27-23-,36-33-,38-34-,39-35-,43-40-,52-48-. The molecule has 0 fully saturated rings. The number of phosphoric acid groups is 2. The minimum atomic E-state index is -4.99. The predicted octanol–water partition coefficient (Wildman–Crippen LogP) is 22.3. The number of aliphatic hydroxyl groups excluding tert-OH is 1. The molecule has 0 heterocycles. The maximum atomic E-state index is 13.1. The number of rotatable bonds is 72. The third-order valence-electron chi connectivity index (χ3n) is 15.9. The van der Waals surface area contributed by atoms with Gasteiger partial charge in [0.25, 0.3) is 0 Å². The van der Waals surface area contributed by atoms with E-state index in [2.05, 4.69) is 149 Å². The van der Waals surface area contributed by atoms with Gasteiger partial charge in [-0.1, -0.05) is 271 Å². The number of hydrogen-bond acceptors (Lipinski definition) is 15. The average molecular weight is 1450 g/mol. The number of carbonyl (C=O) groups excluding carboxylic acids is 4. The van der Waals surface area contributed by atoms with Crippen LogP contribution in [-0.4, -0.2) is 96.7 Å². The third kappa shape index (κ3) is 71.8. The minimum Gasteiger partial charge on any atom is -0.462 e. The van der Waals surface area contributed by atoms with E-state index < -0.39 is 97.5 Å². The first kappa shape index (κ1) is 95.5. The molecule has 17 nitrogen and oxygen atoms in total. The monoisotopic (exact) mass is 1440 g/mol. The van der Waals surface area contributed by atoms with Gasteiger partial charge in [-0.2, -0.15) is 0 Å². The molecule has 19 heteroatoms. The van der Waals surface area contributed by atoms with Gasteiger partial charge in [0.15, 0.2) is 12.2 Å². The van der Waals surface area contributed by atoms with E-state index in [9.17, 15) is 43.2 Å². The van der Waals surface area contributed by atoms with Crippen LogP contribution < -0.4 is 0 Å². The summed E-state index contributed by atoms with van der Waals surface area (Å²) in [6.07, 6.45) is 79.0. The maximum absolute atomic E-state index is 13.1. The van der Waals surface area contributed by atoms with E-state index >= 15 is 0 Å². The molecule has 0 saturated heterocycles. The van der Waals surface area contributed by atoms with E-state index in [1.165, 1.54) is 70.6 Å². The lowest BCUT2D eigenvalue weighted by molar-refractivity contribution is -0.161. The number of esters is 4. The second-order valence-corrected chi connectivity index (χ2v) is 28.4. The molecule has 0 aliphatic carbocycles. The Morgan fingerprint density at radius 3 is 0.840 bits per heavy atom. The fraction of sp³-hybridized carbons (Fsp3) is 0.704. The van der Waals surface area contributed by atoms with Gasteiger partial charge in [0.2, 0.25) is 0 Å². The van der Waals surface area contributed by atoms with Crippen molar-refractivity contribution in [3.05, 3.63) is 122 Å². The molecule has 0 bridgehead atoms. The number of carbonyl (C=O) groups is 4. The number of phosphoric ester groups is 2. The van der Waals surface area contributed by atoms with Crippen molar-refractivity contribution in [1.29, 1.82) is 0 Å². The zero-order valence-corrected chi connectivity index (χ0v) is 64.4. The number of unbranched alkanes of at least 4 members (excludes halogenated alkanes) is 26. The molecule has 0 aromatic carbocycles. The van der Waals surface area contributed by atoms with Crippen LogP contribution in [0.4, 0.5) is 0 Å². The Labute approximate surface area is 606 Å². The first-order chi connectivity index (χ1) is 48.7. The summed E-state index contributed by atoms with van der Waals surface area (Å²) >= 11 is 0. The summed E-state index contributed by atoms with van der Waals surface area (Å²) in [5.74, 6) is -2.26. The average Bonchev–Trinajstić information content (AvgIpc) is 1.06. The van der Waals surface area contributed by atoms with Crippen molar-refractivity contribution in [3.63, 3.8) is 0 Å². The molecule has 0 aromatic heterocycles. The summed E-state index contributed by atoms with van der Waals surface area (Å²) in [7, 11) is -9.97. The lowest BCUT2D eigenvalue weighted by atomic mass is 10.0. The molecular formula is C81H138O17P2. The van der Waals surface area contributed by atoms with Crippen molar-refractivity contribution in [3.8, 4) is 0 Å². The lowest BCUT2D eigenvalue weighted by Crippen LogP contribution is -2.30. The van der Waals surface area contributed by atoms with Crippen molar-refractivity contribution < 1.29 is 80.2 Å². The molecule has 0 saturated carbocycles. The van der Waals surface area contributed by atoms with Crippen LogP contribution in [0.25, 0.3) is 0 Å². The zero-order chi connectivity index (χ0) is 73.2. The van der Waals surface area contributed by atoms with Crippen LogP contribution in [0.2, 0.25) is 0 Å². The molecular weight excluding hydrogens is 1310 g/mol. The molecule has 0 amide bonds. The number of aliphatic hydroxyl groups is 1. The molecule has 0 radical (unpaired) electrons. The molecule has 574 valence electrons. The van der Waals surface area contributed by atoms with E-state index in [1.54, 1.807) is 0 Å². The zero-order valence-electron chi connectivity index (χ0n) is 62.6. The summed E-state index contributed by atoms with van der Waals surface area (Å²) in [5.41, 5.74) is 0. The molecule has 5 atom stereocenters. The van der Waals surface area contributed by atoms with E-state index in [-0.39, 0.29) is 25.7 Å². The lowest BCUT2D eigenvalue weighted by Gasteiger charge is -2.21. The van der Waals surface area contributed by atoms with Crippen LogP contribution in [-0.2, 0) is 65.4 Å². The molecule has 0 spiro atoms. The van der Waals surface area contributed by atoms with E-state index in [0.717, 1.165) is 154 Å². The highest BCUT2D eigenvalue weighted by atomic mass is 31.2. The molecule has 0 aromatic rings. The Bertz CT molecular complexity index is 2370. The number of allylic oxidation sites excluding steroid dienone is 20. The quantitative estimate of drug-likeness (QED) is 0.0169. The molecule has 3 N–H and O–H groups in total. The van der Waals surface area contributed by atoms with Gasteiger partial charge >= 0.3 is 39.5 Å². The maximum Gasteiger partial charge on any atom is 0.472 e. The highest BCUT2D eigenvalue weighted by molar-refractivity contribution is 7.47. The fourth-order valence-corrected chi connectivity index (χ4v) is 11.6. The molecule has 0 aliphatic heterocycles. The second-order valence-electron chi connectivity index (χ2n) is 25.5.